The lowest BCUT2D eigenvalue weighted by atomic mass is 10.0. The molecule has 0 aliphatic heterocycles. The number of rotatable bonds is 5. The van der Waals surface area contributed by atoms with E-state index in [1.54, 1.807) is 20.2 Å². The van der Waals surface area contributed by atoms with Gasteiger partial charge in [-0.2, -0.15) is 0 Å². The van der Waals surface area contributed by atoms with E-state index in [0.29, 0.717) is 5.56 Å². The molecule has 6 heteroatoms. The van der Waals surface area contributed by atoms with E-state index in [1.807, 2.05) is 29.8 Å². The van der Waals surface area contributed by atoms with Gasteiger partial charge in [0.2, 0.25) is 0 Å². The van der Waals surface area contributed by atoms with Crippen LogP contribution in [-0.4, -0.2) is 37.8 Å². The van der Waals surface area contributed by atoms with Crippen LogP contribution in [0.4, 0.5) is 0 Å². The minimum atomic E-state index is -0.941. The summed E-state index contributed by atoms with van der Waals surface area (Å²) in [6.45, 7) is 3.31. The molecule has 1 aromatic heterocycles. The van der Waals surface area contributed by atoms with Crippen LogP contribution >= 0.6 is 0 Å². The largest absolute Gasteiger partial charge is 0.480 e. The number of carboxylic acid groups (broad SMARTS) is 1. The van der Waals surface area contributed by atoms with Crippen molar-refractivity contribution in [1.29, 1.82) is 0 Å². The van der Waals surface area contributed by atoms with Crippen LogP contribution in [0.2, 0.25) is 0 Å². The Kier molecular flexibility index (Phi) is 4.06. The molecule has 0 saturated heterocycles. The normalized spacial score (nSPS) is 16.0. The van der Waals surface area contributed by atoms with E-state index in [1.165, 1.54) is 0 Å². The molecule has 1 heterocycles. The number of aliphatic carboxylic acids is 1. The number of hydrogen-bond acceptors (Lipinski definition) is 4. The molecule has 0 aliphatic carbocycles. The predicted molar refractivity (Wildman–Crippen MR) is 75.4 cm³/mol. The van der Waals surface area contributed by atoms with Gasteiger partial charge in [0.05, 0.1) is 23.5 Å². The number of imidazole rings is 1. The monoisotopic (exact) mass is 277 g/mol. The van der Waals surface area contributed by atoms with Crippen LogP contribution < -0.4 is 5.32 Å². The first-order valence-electron chi connectivity index (χ1n) is 6.48. The van der Waals surface area contributed by atoms with Crippen molar-refractivity contribution in [2.75, 3.05) is 0 Å². The summed E-state index contributed by atoms with van der Waals surface area (Å²) in [6, 6.07) is 4.47. The lowest BCUT2D eigenvalue weighted by Crippen LogP contribution is -2.42. The molecule has 0 radical (unpaired) electrons. The summed E-state index contributed by atoms with van der Waals surface area (Å²) in [5.41, 5.74) is 2.51. The van der Waals surface area contributed by atoms with E-state index in [9.17, 15) is 9.90 Å². The van der Waals surface area contributed by atoms with E-state index >= 15 is 0 Å². The van der Waals surface area contributed by atoms with Crippen molar-refractivity contribution in [2.24, 2.45) is 7.05 Å². The zero-order chi connectivity index (χ0) is 14.9. The van der Waals surface area contributed by atoms with Gasteiger partial charge in [-0.3, -0.25) is 10.1 Å². The van der Waals surface area contributed by atoms with Crippen LogP contribution in [0.15, 0.2) is 24.5 Å². The van der Waals surface area contributed by atoms with Crippen molar-refractivity contribution in [1.82, 2.24) is 14.9 Å². The Morgan fingerprint density at radius 1 is 1.40 bits per heavy atom. The van der Waals surface area contributed by atoms with E-state index in [4.69, 9.17) is 5.11 Å². The molecule has 6 nitrogen and oxygen atoms in total. The second-order valence-corrected chi connectivity index (χ2v) is 5.06. The first-order valence-corrected chi connectivity index (χ1v) is 6.48. The van der Waals surface area contributed by atoms with Crippen LogP contribution in [0.25, 0.3) is 11.0 Å². The fraction of sp³-hybridized carbons (Fsp3) is 0.429. The first kappa shape index (κ1) is 14.5. The van der Waals surface area contributed by atoms with Gasteiger partial charge in [0, 0.05) is 13.1 Å². The molecule has 3 atom stereocenters. The second kappa shape index (κ2) is 5.60. The molecular formula is C14H19N3O3. The number of aliphatic hydroxyl groups is 1. The van der Waals surface area contributed by atoms with E-state index in [2.05, 4.69) is 10.3 Å². The molecular weight excluding hydrogens is 258 g/mol. The standard InChI is InChI=1S/C14H19N3O3/c1-8(16-9(2)14(19)20)13(18)10-4-5-12-11(6-10)15-7-17(12)3/h4-9,13,16,18H,1-3H3,(H,19,20). The molecule has 3 N–H and O–H groups in total. The summed E-state index contributed by atoms with van der Waals surface area (Å²) < 4.78 is 1.90. The Hall–Kier alpha value is -1.92. The molecule has 1 aromatic carbocycles. The molecule has 0 bridgehead atoms. The van der Waals surface area contributed by atoms with Gasteiger partial charge in [-0.25, -0.2) is 4.98 Å². The number of aromatic nitrogens is 2. The van der Waals surface area contributed by atoms with Gasteiger partial charge in [0.1, 0.15) is 6.04 Å². The zero-order valence-corrected chi connectivity index (χ0v) is 11.7. The molecule has 0 spiro atoms. The lowest BCUT2D eigenvalue weighted by molar-refractivity contribution is -0.139. The van der Waals surface area contributed by atoms with Crippen LogP contribution in [0, 0.1) is 0 Å². The maximum atomic E-state index is 10.8. The van der Waals surface area contributed by atoms with Crippen LogP contribution in [0.5, 0.6) is 0 Å². The van der Waals surface area contributed by atoms with E-state index < -0.39 is 18.1 Å². The SMILES string of the molecule is CC(NC(C)C(O)c1ccc2c(c1)ncn2C)C(=O)O. The number of fused-ring (bicyclic) bond motifs is 1. The highest BCUT2D eigenvalue weighted by Crippen LogP contribution is 2.21. The summed E-state index contributed by atoms with van der Waals surface area (Å²) >= 11 is 0. The molecule has 0 fully saturated rings. The lowest BCUT2D eigenvalue weighted by Gasteiger charge is -2.22. The van der Waals surface area contributed by atoms with Crippen molar-refractivity contribution in [3.8, 4) is 0 Å². The predicted octanol–water partition coefficient (Wildman–Crippen LogP) is 1.06. The Balaban J connectivity index is 2.17. The molecule has 108 valence electrons. The number of carboxylic acids is 1. The third kappa shape index (κ3) is 2.81. The maximum absolute atomic E-state index is 10.8. The van der Waals surface area contributed by atoms with Crippen molar-refractivity contribution < 1.29 is 15.0 Å². The zero-order valence-electron chi connectivity index (χ0n) is 11.7. The summed E-state index contributed by atoms with van der Waals surface area (Å²) in [6.07, 6.45) is 0.929. The number of hydrogen-bond donors (Lipinski definition) is 3. The average Bonchev–Trinajstić information content (AvgIpc) is 2.78. The topological polar surface area (TPSA) is 87.4 Å². The fourth-order valence-corrected chi connectivity index (χ4v) is 2.18. The summed E-state index contributed by atoms with van der Waals surface area (Å²) in [4.78, 5) is 15.1. The van der Waals surface area contributed by atoms with Crippen molar-refractivity contribution in [2.45, 2.75) is 32.0 Å². The van der Waals surface area contributed by atoms with Crippen LogP contribution in [-0.2, 0) is 11.8 Å². The molecule has 0 aliphatic rings. The molecule has 20 heavy (non-hydrogen) atoms. The maximum Gasteiger partial charge on any atom is 0.320 e. The smallest absolute Gasteiger partial charge is 0.320 e. The number of nitrogens with one attached hydrogen (secondary N) is 1. The Bertz CT molecular complexity index is 623. The van der Waals surface area contributed by atoms with Crippen molar-refractivity contribution >= 4 is 17.0 Å². The summed E-state index contributed by atoms with van der Waals surface area (Å²) in [5, 5.41) is 22.0. The third-order valence-corrected chi connectivity index (χ3v) is 3.45. The van der Waals surface area contributed by atoms with Crippen molar-refractivity contribution in [3.05, 3.63) is 30.1 Å². The van der Waals surface area contributed by atoms with Gasteiger partial charge in [0.25, 0.3) is 0 Å². The van der Waals surface area contributed by atoms with Gasteiger partial charge >= 0.3 is 5.97 Å². The van der Waals surface area contributed by atoms with Gasteiger partial charge in [-0.05, 0) is 31.5 Å². The second-order valence-electron chi connectivity index (χ2n) is 5.06. The highest BCUT2D eigenvalue weighted by molar-refractivity contribution is 5.76. The molecule has 0 saturated carbocycles. The summed E-state index contributed by atoms with van der Waals surface area (Å²) in [5.74, 6) is -0.941. The number of aliphatic hydroxyl groups excluding tert-OH is 1. The van der Waals surface area contributed by atoms with E-state index in [-0.39, 0.29) is 6.04 Å². The van der Waals surface area contributed by atoms with Gasteiger partial charge in [-0.15, -0.1) is 0 Å². The minimum Gasteiger partial charge on any atom is -0.480 e. The van der Waals surface area contributed by atoms with Crippen LogP contribution in [0.3, 0.4) is 0 Å². The number of benzene rings is 1. The van der Waals surface area contributed by atoms with Gasteiger partial charge < -0.3 is 14.8 Å². The highest BCUT2D eigenvalue weighted by atomic mass is 16.4. The van der Waals surface area contributed by atoms with Gasteiger partial charge in [0.15, 0.2) is 0 Å². The number of aryl methyl sites for hydroxylation is 1. The quantitative estimate of drug-likeness (QED) is 0.760. The molecule has 2 aromatic rings. The van der Waals surface area contributed by atoms with Crippen LogP contribution in [0.1, 0.15) is 25.5 Å². The Labute approximate surface area is 117 Å². The Morgan fingerprint density at radius 3 is 2.75 bits per heavy atom. The first-order chi connectivity index (χ1) is 9.40. The molecule has 3 unspecified atom stereocenters. The number of nitrogens with zero attached hydrogens (tertiary/aromatic N) is 2. The summed E-state index contributed by atoms with van der Waals surface area (Å²) in [7, 11) is 1.91. The fourth-order valence-electron chi connectivity index (χ4n) is 2.18. The number of carbonyl (C=O) groups is 1. The minimum absolute atomic E-state index is 0.373. The average molecular weight is 277 g/mol. The van der Waals surface area contributed by atoms with Gasteiger partial charge in [-0.1, -0.05) is 6.07 Å². The highest BCUT2D eigenvalue weighted by Gasteiger charge is 2.21. The molecule has 2 rings (SSSR count). The Morgan fingerprint density at radius 2 is 2.10 bits per heavy atom. The van der Waals surface area contributed by atoms with Crippen molar-refractivity contribution in [3.63, 3.8) is 0 Å². The van der Waals surface area contributed by atoms with E-state index in [0.717, 1.165) is 11.0 Å². The molecule has 0 amide bonds. The third-order valence-electron chi connectivity index (χ3n) is 3.45.